The minimum Gasteiger partial charge on any atom is -0.477 e. The molecule has 2 N–H and O–H groups in total. The highest BCUT2D eigenvalue weighted by atomic mass is 35.5. The van der Waals surface area contributed by atoms with E-state index in [4.69, 9.17) is 16.3 Å². The van der Waals surface area contributed by atoms with Crippen molar-refractivity contribution in [3.05, 3.63) is 28.4 Å². The van der Waals surface area contributed by atoms with E-state index in [9.17, 15) is 9.90 Å². The maximum atomic E-state index is 11.5. The van der Waals surface area contributed by atoms with Crippen LogP contribution in [0.25, 0.3) is 10.9 Å². The summed E-state index contributed by atoms with van der Waals surface area (Å²) in [6.45, 7) is 4.43. The molecular formula is C14H15ClN2O3. The molecule has 0 unspecified atom stereocenters. The monoisotopic (exact) mass is 294 g/mol. The Morgan fingerprint density at radius 1 is 1.40 bits per heavy atom. The van der Waals surface area contributed by atoms with Crippen LogP contribution in [0.2, 0.25) is 5.02 Å². The van der Waals surface area contributed by atoms with E-state index < -0.39 is 5.97 Å². The Kier molecular flexibility index (Phi) is 3.31. The van der Waals surface area contributed by atoms with Crippen LogP contribution in [0, 0.1) is 6.92 Å². The normalized spacial score (nSPS) is 15.8. The van der Waals surface area contributed by atoms with Crippen LogP contribution in [0.1, 0.15) is 16.1 Å². The number of carboxylic acid groups (broad SMARTS) is 1. The van der Waals surface area contributed by atoms with Crippen molar-refractivity contribution in [3.8, 4) is 0 Å². The number of hydrogen-bond acceptors (Lipinski definition) is 3. The first-order valence-corrected chi connectivity index (χ1v) is 6.84. The summed E-state index contributed by atoms with van der Waals surface area (Å²) in [5, 5.41) is 10.8. The number of carbonyl (C=O) groups is 1. The zero-order valence-electron chi connectivity index (χ0n) is 11.1. The van der Waals surface area contributed by atoms with E-state index in [1.54, 1.807) is 0 Å². The number of ether oxygens (including phenoxy) is 1. The molecule has 0 saturated carbocycles. The van der Waals surface area contributed by atoms with Gasteiger partial charge in [-0.2, -0.15) is 0 Å². The molecule has 6 heteroatoms. The van der Waals surface area contributed by atoms with Crippen molar-refractivity contribution in [3.63, 3.8) is 0 Å². The van der Waals surface area contributed by atoms with Gasteiger partial charge in [0.25, 0.3) is 0 Å². The Morgan fingerprint density at radius 3 is 2.75 bits per heavy atom. The van der Waals surface area contributed by atoms with Gasteiger partial charge in [0.1, 0.15) is 5.69 Å². The standard InChI is InChI=1S/C14H15ClN2O3/c1-8-2-3-9-10(11(8)15)13(12(16-9)14(18)19)17-4-6-20-7-5-17/h2-3,16H,4-7H2,1H3,(H,18,19). The molecule has 5 nitrogen and oxygen atoms in total. The zero-order valence-corrected chi connectivity index (χ0v) is 11.8. The third-order valence-electron chi connectivity index (χ3n) is 3.61. The van der Waals surface area contributed by atoms with Gasteiger partial charge in [-0.25, -0.2) is 4.79 Å². The van der Waals surface area contributed by atoms with Gasteiger partial charge in [-0.1, -0.05) is 17.7 Å². The molecule has 3 rings (SSSR count). The van der Waals surface area contributed by atoms with Crippen LogP contribution in [0.3, 0.4) is 0 Å². The number of carboxylic acids is 1. The van der Waals surface area contributed by atoms with Crippen LogP contribution in [0.15, 0.2) is 12.1 Å². The summed E-state index contributed by atoms with van der Waals surface area (Å²) in [6, 6.07) is 3.75. The quantitative estimate of drug-likeness (QED) is 0.894. The number of aromatic amines is 1. The predicted octanol–water partition coefficient (Wildman–Crippen LogP) is 2.66. The molecule has 1 fully saturated rings. The van der Waals surface area contributed by atoms with Crippen LogP contribution >= 0.6 is 11.6 Å². The summed E-state index contributed by atoms with van der Waals surface area (Å²) in [4.78, 5) is 16.5. The smallest absolute Gasteiger partial charge is 0.354 e. The topological polar surface area (TPSA) is 65.6 Å². The molecule has 0 amide bonds. The first kappa shape index (κ1) is 13.3. The van der Waals surface area contributed by atoms with Crippen molar-refractivity contribution in [1.82, 2.24) is 4.98 Å². The molecule has 1 aliphatic rings. The number of nitrogens with zero attached hydrogens (tertiary/aromatic N) is 1. The number of hydrogen-bond donors (Lipinski definition) is 2. The summed E-state index contributed by atoms with van der Waals surface area (Å²) >= 11 is 6.40. The molecule has 20 heavy (non-hydrogen) atoms. The van der Waals surface area contributed by atoms with Gasteiger partial charge in [0.05, 0.1) is 23.9 Å². The average molecular weight is 295 g/mol. The zero-order chi connectivity index (χ0) is 14.3. The molecular weight excluding hydrogens is 280 g/mol. The molecule has 2 heterocycles. The van der Waals surface area contributed by atoms with E-state index in [1.807, 2.05) is 24.0 Å². The summed E-state index contributed by atoms with van der Waals surface area (Å²) in [6.07, 6.45) is 0. The predicted molar refractivity (Wildman–Crippen MR) is 78.0 cm³/mol. The highest BCUT2D eigenvalue weighted by Gasteiger charge is 2.25. The second-order valence-electron chi connectivity index (χ2n) is 4.87. The lowest BCUT2D eigenvalue weighted by atomic mass is 10.1. The number of anilines is 1. The molecule has 106 valence electrons. The number of benzene rings is 1. The molecule has 0 radical (unpaired) electrons. The molecule has 1 aliphatic heterocycles. The number of aryl methyl sites for hydroxylation is 1. The summed E-state index contributed by atoms with van der Waals surface area (Å²) in [5.41, 5.74) is 2.54. The van der Waals surface area contributed by atoms with Crippen molar-refractivity contribution >= 4 is 34.2 Å². The van der Waals surface area contributed by atoms with E-state index in [0.29, 0.717) is 37.0 Å². The largest absolute Gasteiger partial charge is 0.477 e. The minimum absolute atomic E-state index is 0.189. The van der Waals surface area contributed by atoms with E-state index in [0.717, 1.165) is 16.5 Å². The van der Waals surface area contributed by atoms with Crippen molar-refractivity contribution in [1.29, 1.82) is 0 Å². The Balaban J connectivity index is 2.27. The maximum absolute atomic E-state index is 11.5. The fourth-order valence-corrected chi connectivity index (χ4v) is 2.85. The fourth-order valence-electron chi connectivity index (χ4n) is 2.59. The van der Waals surface area contributed by atoms with Gasteiger partial charge in [-0.3, -0.25) is 0 Å². The first-order valence-electron chi connectivity index (χ1n) is 6.46. The lowest BCUT2D eigenvalue weighted by molar-refractivity contribution is 0.0691. The number of halogens is 1. The van der Waals surface area contributed by atoms with E-state index >= 15 is 0 Å². The SMILES string of the molecule is Cc1ccc2[nH]c(C(=O)O)c(N3CCOCC3)c2c1Cl. The van der Waals surface area contributed by atoms with Gasteiger partial charge in [0, 0.05) is 24.0 Å². The van der Waals surface area contributed by atoms with Gasteiger partial charge >= 0.3 is 5.97 Å². The number of morpholine rings is 1. The van der Waals surface area contributed by atoms with Gasteiger partial charge in [-0.05, 0) is 18.6 Å². The molecule has 2 aromatic rings. The number of aromatic nitrogens is 1. The number of aromatic carboxylic acids is 1. The second kappa shape index (κ2) is 5.00. The Morgan fingerprint density at radius 2 is 2.10 bits per heavy atom. The molecule has 0 spiro atoms. The number of H-pyrrole nitrogens is 1. The van der Waals surface area contributed by atoms with Gasteiger partial charge in [0.15, 0.2) is 0 Å². The van der Waals surface area contributed by atoms with E-state index in [-0.39, 0.29) is 5.69 Å². The number of rotatable bonds is 2. The number of fused-ring (bicyclic) bond motifs is 1. The highest BCUT2D eigenvalue weighted by molar-refractivity contribution is 6.37. The van der Waals surface area contributed by atoms with Crippen molar-refractivity contribution < 1.29 is 14.6 Å². The fraction of sp³-hybridized carbons (Fsp3) is 0.357. The maximum Gasteiger partial charge on any atom is 0.354 e. The lowest BCUT2D eigenvalue weighted by Crippen LogP contribution is -2.37. The third-order valence-corrected chi connectivity index (χ3v) is 4.10. The van der Waals surface area contributed by atoms with Gasteiger partial charge < -0.3 is 19.7 Å². The number of nitrogens with one attached hydrogen (secondary N) is 1. The van der Waals surface area contributed by atoms with E-state index in [2.05, 4.69) is 4.98 Å². The van der Waals surface area contributed by atoms with Crippen molar-refractivity contribution in [2.45, 2.75) is 6.92 Å². The second-order valence-corrected chi connectivity index (χ2v) is 5.25. The molecule has 1 aromatic heterocycles. The van der Waals surface area contributed by atoms with Crippen LogP contribution in [0.5, 0.6) is 0 Å². The molecule has 1 saturated heterocycles. The summed E-state index contributed by atoms with van der Waals surface area (Å²) in [7, 11) is 0. The molecule has 1 aromatic carbocycles. The Hall–Kier alpha value is -1.72. The Labute approximate surface area is 121 Å². The van der Waals surface area contributed by atoms with Crippen molar-refractivity contribution in [2.75, 3.05) is 31.2 Å². The lowest BCUT2D eigenvalue weighted by Gasteiger charge is -2.29. The van der Waals surface area contributed by atoms with E-state index in [1.165, 1.54) is 0 Å². The van der Waals surface area contributed by atoms with Gasteiger partial charge in [-0.15, -0.1) is 0 Å². The van der Waals surface area contributed by atoms with Crippen LogP contribution in [0.4, 0.5) is 5.69 Å². The average Bonchev–Trinajstić information content (AvgIpc) is 2.84. The summed E-state index contributed by atoms with van der Waals surface area (Å²) < 4.78 is 5.33. The molecule has 0 bridgehead atoms. The van der Waals surface area contributed by atoms with Crippen LogP contribution in [-0.2, 0) is 4.74 Å². The van der Waals surface area contributed by atoms with Crippen molar-refractivity contribution in [2.24, 2.45) is 0 Å². The minimum atomic E-state index is -0.976. The first-order chi connectivity index (χ1) is 9.59. The highest BCUT2D eigenvalue weighted by Crippen LogP contribution is 2.38. The van der Waals surface area contributed by atoms with Crippen LogP contribution < -0.4 is 4.90 Å². The molecule has 0 atom stereocenters. The Bertz CT molecular complexity index is 675. The van der Waals surface area contributed by atoms with Crippen LogP contribution in [-0.4, -0.2) is 42.4 Å². The summed E-state index contributed by atoms with van der Waals surface area (Å²) in [5.74, 6) is -0.976. The third kappa shape index (κ3) is 2.03. The van der Waals surface area contributed by atoms with Gasteiger partial charge in [0.2, 0.25) is 0 Å². The molecule has 0 aliphatic carbocycles.